The third-order valence-electron chi connectivity index (χ3n) is 3.19. The second-order valence-electron chi connectivity index (χ2n) is 5.14. The molecule has 2 rings (SSSR count). The van der Waals surface area contributed by atoms with Crippen molar-refractivity contribution in [2.45, 2.75) is 30.2 Å². The quantitative estimate of drug-likeness (QED) is 0.609. The van der Waals surface area contributed by atoms with Crippen LogP contribution in [0.3, 0.4) is 0 Å². The molecule has 0 spiro atoms. The van der Waals surface area contributed by atoms with E-state index in [1.807, 2.05) is 7.05 Å². The number of hydrogen-bond acceptors (Lipinski definition) is 4. The average molecular weight is 348 g/mol. The molecule has 1 aliphatic carbocycles. The van der Waals surface area contributed by atoms with Crippen molar-refractivity contribution in [2.24, 2.45) is 0 Å². The van der Waals surface area contributed by atoms with Gasteiger partial charge in [-0.3, -0.25) is 4.79 Å². The molecule has 124 valence electrons. The molecule has 8 heteroatoms. The smallest absolute Gasteiger partial charge is 0.251 e. The van der Waals surface area contributed by atoms with Gasteiger partial charge in [-0.05, 0) is 51.1 Å². The lowest BCUT2D eigenvalue weighted by Gasteiger charge is -2.08. The molecule has 1 aromatic rings. The molecular weight excluding hydrogens is 326 g/mol. The number of amides is 1. The van der Waals surface area contributed by atoms with E-state index in [1.54, 1.807) is 12.1 Å². The van der Waals surface area contributed by atoms with Crippen molar-refractivity contribution >= 4 is 28.3 Å². The molecule has 22 heavy (non-hydrogen) atoms. The molecule has 0 aliphatic heterocycles. The van der Waals surface area contributed by atoms with Gasteiger partial charge in [-0.25, -0.2) is 13.1 Å². The van der Waals surface area contributed by atoms with E-state index in [9.17, 15) is 13.2 Å². The van der Waals surface area contributed by atoms with Gasteiger partial charge >= 0.3 is 0 Å². The van der Waals surface area contributed by atoms with E-state index in [-0.39, 0.29) is 29.3 Å². The highest BCUT2D eigenvalue weighted by Gasteiger charge is 2.28. The minimum absolute atomic E-state index is 0. The first-order chi connectivity index (χ1) is 10.0. The largest absolute Gasteiger partial charge is 0.352 e. The van der Waals surface area contributed by atoms with Crippen LogP contribution < -0.4 is 15.4 Å². The van der Waals surface area contributed by atoms with Crippen molar-refractivity contribution in [3.05, 3.63) is 29.8 Å². The van der Waals surface area contributed by atoms with Crippen molar-refractivity contribution < 1.29 is 13.2 Å². The topological polar surface area (TPSA) is 87.3 Å². The highest BCUT2D eigenvalue weighted by Crippen LogP contribution is 2.22. The minimum Gasteiger partial charge on any atom is -0.352 e. The highest BCUT2D eigenvalue weighted by atomic mass is 35.5. The molecule has 0 bridgehead atoms. The predicted molar refractivity (Wildman–Crippen MR) is 87.9 cm³/mol. The summed E-state index contributed by atoms with van der Waals surface area (Å²) < 4.78 is 26.8. The van der Waals surface area contributed by atoms with Gasteiger partial charge in [0, 0.05) is 18.2 Å². The van der Waals surface area contributed by atoms with Gasteiger partial charge in [-0.1, -0.05) is 6.07 Å². The molecule has 3 N–H and O–H groups in total. The van der Waals surface area contributed by atoms with Crippen LogP contribution >= 0.6 is 12.4 Å². The van der Waals surface area contributed by atoms with Crippen LogP contribution in [0.5, 0.6) is 0 Å². The normalized spacial score (nSPS) is 14.2. The van der Waals surface area contributed by atoms with Crippen LogP contribution in [-0.2, 0) is 10.0 Å². The van der Waals surface area contributed by atoms with E-state index in [0.717, 1.165) is 25.8 Å². The second-order valence-corrected chi connectivity index (χ2v) is 6.85. The Bertz CT molecular complexity index is 603. The van der Waals surface area contributed by atoms with Crippen LogP contribution in [0.1, 0.15) is 29.6 Å². The lowest BCUT2D eigenvalue weighted by Crippen LogP contribution is -2.28. The third-order valence-corrected chi connectivity index (χ3v) is 4.71. The van der Waals surface area contributed by atoms with E-state index in [4.69, 9.17) is 0 Å². The summed E-state index contributed by atoms with van der Waals surface area (Å²) in [5.41, 5.74) is 0.359. The predicted octanol–water partition coefficient (Wildman–Crippen LogP) is 0.888. The van der Waals surface area contributed by atoms with Gasteiger partial charge in [0.15, 0.2) is 0 Å². The number of sulfonamides is 1. The van der Waals surface area contributed by atoms with E-state index in [0.29, 0.717) is 12.1 Å². The average Bonchev–Trinajstić information content (AvgIpc) is 3.27. The Balaban J connectivity index is 0.00000242. The summed E-state index contributed by atoms with van der Waals surface area (Å²) in [6, 6.07) is 6.17. The first kappa shape index (κ1) is 18.9. The van der Waals surface area contributed by atoms with Gasteiger partial charge in [0.1, 0.15) is 0 Å². The first-order valence-corrected chi connectivity index (χ1v) is 8.56. The van der Waals surface area contributed by atoms with Gasteiger partial charge < -0.3 is 10.6 Å². The van der Waals surface area contributed by atoms with Crippen LogP contribution in [0.2, 0.25) is 0 Å². The molecule has 0 radical (unpaired) electrons. The number of rotatable bonds is 8. The van der Waals surface area contributed by atoms with Gasteiger partial charge in [0.05, 0.1) is 4.90 Å². The van der Waals surface area contributed by atoms with Gasteiger partial charge in [-0.2, -0.15) is 0 Å². The Morgan fingerprint density at radius 1 is 1.27 bits per heavy atom. The standard InChI is InChI=1S/C14H21N3O3S.ClH/c1-15-8-3-9-16-14(18)11-4-2-5-13(10-11)21(19,20)17-12-6-7-12;/h2,4-5,10,12,15,17H,3,6-9H2,1H3,(H,16,18);1H. The minimum atomic E-state index is -3.52. The van der Waals surface area contributed by atoms with Crippen molar-refractivity contribution in [3.63, 3.8) is 0 Å². The number of nitrogens with one attached hydrogen (secondary N) is 3. The monoisotopic (exact) mass is 347 g/mol. The molecule has 1 aliphatic rings. The fourth-order valence-electron chi connectivity index (χ4n) is 1.86. The Morgan fingerprint density at radius 3 is 2.64 bits per heavy atom. The van der Waals surface area contributed by atoms with Crippen molar-refractivity contribution in [1.82, 2.24) is 15.4 Å². The zero-order chi connectivity index (χ0) is 15.3. The van der Waals surface area contributed by atoms with Crippen molar-refractivity contribution in [3.8, 4) is 0 Å². The van der Waals surface area contributed by atoms with Gasteiger partial charge in [0.25, 0.3) is 5.91 Å². The SMILES string of the molecule is CNCCCNC(=O)c1cccc(S(=O)(=O)NC2CC2)c1.Cl. The molecule has 0 unspecified atom stereocenters. The van der Waals surface area contributed by atoms with Crippen LogP contribution in [0.25, 0.3) is 0 Å². The molecule has 0 aromatic heterocycles. The molecule has 1 amide bonds. The van der Waals surface area contributed by atoms with Crippen molar-refractivity contribution in [2.75, 3.05) is 20.1 Å². The maximum absolute atomic E-state index is 12.1. The lowest BCUT2D eigenvalue weighted by atomic mass is 10.2. The number of carbonyl (C=O) groups excluding carboxylic acids is 1. The highest BCUT2D eigenvalue weighted by molar-refractivity contribution is 7.89. The fourth-order valence-corrected chi connectivity index (χ4v) is 3.21. The van der Waals surface area contributed by atoms with E-state index in [2.05, 4.69) is 15.4 Å². The fraction of sp³-hybridized carbons (Fsp3) is 0.500. The maximum Gasteiger partial charge on any atom is 0.251 e. The summed E-state index contributed by atoms with van der Waals surface area (Å²) in [5.74, 6) is -0.255. The maximum atomic E-state index is 12.1. The molecule has 0 heterocycles. The molecular formula is C14H22ClN3O3S. The zero-order valence-corrected chi connectivity index (χ0v) is 14.1. The molecule has 0 saturated heterocycles. The molecule has 1 saturated carbocycles. The Kier molecular flexibility index (Phi) is 7.28. The second kappa shape index (κ2) is 8.47. The van der Waals surface area contributed by atoms with E-state index in [1.165, 1.54) is 12.1 Å². The number of hydrogen-bond donors (Lipinski definition) is 3. The number of carbonyl (C=O) groups is 1. The molecule has 1 aromatic carbocycles. The Morgan fingerprint density at radius 2 is 2.00 bits per heavy atom. The van der Waals surface area contributed by atoms with E-state index < -0.39 is 10.0 Å². The number of benzene rings is 1. The molecule has 6 nitrogen and oxygen atoms in total. The summed E-state index contributed by atoms with van der Waals surface area (Å²) >= 11 is 0. The van der Waals surface area contributed by atoms with E-state index >= 15 is 0 Å². The third kappa shape index (κ3) is 5.57. The van der Waals surface area contributed by atoms with Crippen LogP contribution in [0, 0.1) is 0 Å². The summed E-state index contributed by atoms with van der Waals surface area (Å²) in [4.78, 5) is 12.1. The lowest BCUT2D eigenvalue weighted by molar-refractivity contribution is 0.0953. The van der Waals surface area contributed by atoms with Gasteiger partial charge in [-0.15, -0.1) is 12.4 Å². The molecule has 0 atom stereocenters. The summed E-state index contributed by atoms with van der Waals surface area (Å²) in [6.07, 6.45) is 2.58. The molecule has 1 fully saturated rings. The first-order valence-electron chi connectivity index (χ1n) is 7.08. The van der Waals surface area contributed by atoms with Crippen molar-refractivity contribution in [1.29, 1.82) is 0 Å². The summed E-state index contributed by atoms with van der Waals surface area (Å²) in [7, 11) is -1.67. The van der Waals surface area contributed by atoms with Crippen LogP contribution in [0.4, 0.5) is 0 Å². The number of halogens is 1. The van der Waals surface area contributed by atoms with Crippen LogP contribution in [-0.4, -0.2) is 40.5 Å². The Hall–Kier alpha value is -1.15. The summed E-state index contributed by atoms with van der Waals surface area (Å²) in [6.45, 7) is 1.37. The van der Waals surface area contributed by atoms with Gasteiger partial charge in [0.2, 0.25) is 10.0 Å². The van der Waals surface area contributed by atoms with Crippen LogP contribution in [0.15, 0.2) is 29.2 Å². The zero-order valence-electron chi connectivity index (χ0n) is 12.5. The Labute approximate surface area is 137 Å². The summed E-state index contributed by atoms with van der Waals surface area (Å²) in [5, 5.41) is 5.77.